The van der Waals surface area contributed by atoms with Gasteiger partial charge in [-0.1, -0.05) is 12.1 Å². The van der Waals surface area contributed by atoms with Crippen molar-refractivity contribution in [1.82, 2.24) is 0 Å². The molecule has 1 aliphatic heterocycles. The smallest absolute Gasteiger partial charge is 0.237 e. The number of para-hydroxylation sites is 1. The Balaban J connectivity index is 1.68. The Bertz CT molecular complexity index is 643. The number of phenols is 1. The van der Waals surface area contributed by atoms with E-state index >= 15 is 0 Å². The number of nitrogens with zero attached hydrogens (tertiary/aromatic N) is 1. The maximum Gasteiger partial charge on any atom is 0.237 e. The molecule has 0 radical (unpaired) electrons. The molecule has 0 bridgehead atoms. The van der Waals surface area contributed by atoms with Gasteiger partial charge in [-0.15, -0.1) is 23.5 Å². The molecule has 108 valence electrons. The Morgan fingerprint density at radius 3 is 2.76 bits per heavy atom. The number of anilines is 1. The molecule has 0 atom stereocenters. The molecule has 2 aromatic rings. The Morgan fingerprint density at radius 2 is 1.95 bits per heavy atom. The Hall–Kier alpha value is -1.59. The molecule has 0 aromatic heterocycles. The highest BCUT2D eigenvalue weighted by Crippen LogP contribution is 2.34. The van der Waals surface area contributed by atoms with Crippen LogP contribution >= 0.6 is 23.5 Å². The fraction of sp³-hybridized carbons (Fsp3) is 0.188. The van der Waals surface area contributed by atoms with Crippen molar-refractivity contribution in [1.29, 1.82) is 0 Å². The number of phenolic OH excluding ortho intramolecular Hbond substituents is 1. The van der Waals surface area contributed by atoms with E-state index in [1.54, 1.807) is 23.9 Å². The van der Waals surface area contributed by atoms with Gasteiger partial charge in [0.05, 0.1) is 11.4 Å². The van der Waals surface area contributed by atoms with Crippen LogP contribution in [-0.2, 0) is 4.79 Å². The van der Waals surface area contributed by atoms with Gasteiger partial charge in [0, 0.05) is 22.1 Å². The molecule has 3 nitrogen and oxygen atoms in total. The first-order valence-electron chi connectivity index (χ1n) is 6.68. The first-order valence-corrected chi connectivity index (χ1v) is 8.65. The summed E-state index contributed by atoms with van der Waals surface area (Å²) in [4.78, 5) is 16.5. The lowest BCUT2D eigenvalue weighted by Gasteiger charge is -2.28. The summed E-state index contributed by atoms with van der Waals surface area (Å²) < 4.78 is 0. The van der Waals surface area contributed by atoms with E-state index in [-0.39, 0.29) is 11.7 Å². The van der Waals surface area contributed by atoms with E-state index in [2.05, 4.69) is 6.07 Å². The van der Waals surface area contributed by atoms with Gasteiger partial charge in [0.25, 0.3) is 0 Å². The monoisotopic (exact) mass is 317 g/mol. The predicted octanol–water partition coefficient (Wildman–Crippen LogP) is 3.62. The molecule has 0 fully saturated rings. The van der Waals surface area contributed by atoms with Gasteiger partial charge < -0.3 is 10.0 Å². The van der Waals surface area contributed by atoms with E-state index in [0.717, 1.165) is 22.9 Å². The van der Waals surface area contributed by atoms with E-state index in [0.29, 0.717) is 5.75 Å². The van der Waals surface area contributed by atoms with Crippen molar-refractivity contribution in [3.63, 3.8) is 0 Å². The number of fused-ring (bicyclic) bond motifs is 1. The topological polar surface area (TPSA) is 40.5 Å². The Labute approximate surface area is 132 Å². The van der Waals surface area contributed by atoms with Gasteiger partial charge in [-0.2, -0.15) is 0 Å². The highest BCUT2D eigenvalue weighted by molar-refractivity contribution is 8.00. The molecule has 21 heavy (non-hydrogen) atoms. The molecule has 3 rings (SSSR count). The lowest BCUT2D eigenvalue weighted by atomic mass is 10.3. The van der Waals surface area contributed by atoms with Gasteiger partial charge in [0.2, 0.25) is 5.91 Å². The minimum atomic E-state index is 0.126. The molecule has 0 spiro atoms. The molecule has 1 aliphatic rings. The summed E-state index contributed by atoms with van der Waals surface area (Å²) in [6.45, 7) is 0.761. The maximum atomic E-state index is 12.4. The van der Waals surface area contributed by atoms with Crippen molar-refractivity contribution in [3.8, 4) is 5.75 Å². The quantitative estimate of drug-likeness (QED) is 0.878. The van der Waals surface area contributed by atoms with Gasteiger partial charge in [0.15, 0.2) is 0 Å². The normalized spacial score (nSPS) is 13.8. The SMILES string of the molecule is O=C(CSc1ccc(O)cc1)N1CCSc2ccccc21. The summed E-state index contributed by atoms with van der Waals surface area (Å²) in [5.74, 6) is 1.71. The number of carbonyl (C=O) groups excluding carboxylic acids is 1. The molecule has 0 saturated carbocycles. The van der Waals surface area contributed by atoms with Crippen LogP contribution in [0.2, 0.25) is 0 Å². The second-order valence-electron chi connectivity index (χ2n) is 4.64. The highest BCUT2D eigenvalue weighted by atomic mass is 32.2. The number of hydrogen-bond acceptors (Lipinski definition) is 4. The molecular weight excluding hydrogens is 302 g/mol. The fourth-order valence-electron chi connectivity index (χ4n) is 2.19. The lowest BCUT2D eigenvalue weighted by Crippen LogP contribution is -2.36. The van der Waals surface area contributed by atoms with Crippen LogP contribution in [-0.4, -0.2) is 29.1 Å². The van der Waals surface area contributed by atoms with Gasteiger partial charge in [0.1, 0.15) is 5.75 Å². The average molecular weight is 317 g/mol. The number of rotatable bonds is 3. The molecule has 2 aromatic carbocycles. The average Bonchev–Trinajstić information content (AvgIpc) is 2.53. The number of thioether (sulfide) groups is 2. The molecule has 0 unspecified atom stereocenters. The molecule has 1 N–H and O–H groups in total. The third kappa shape index (κ3) is 3.36. The van der Waals surface area contributed by atoms with Crippen LogP contribution in [0, 0.1) is 0 Å². The van der Waals surface area contributed by atoms with Gasteiger partial charge >= 0.3 is 0 Å². The Kier molecular flexibility index (Phi) is 4.41. The molecule has 0 aliphatic carbocycles. The number of aromatic hydroxyl groups is 1. The van der Waals surface area contributed by atoms with Crippen LogP contribution < -0.4 is 4.90 Å². The summed E-state index contributed by atoms with van der Waals surface area (Å²) in [6.07, 6.45) is 0. The van der Waals surface area contributed by atoms with Crippen LogP contribution in [0.15, 0.2) is 58.3 Å². The zero-order valence-electron chi connectivity index (χ0n) is 11.4. The third-order valence-corrected chi connectivity index (χ3v) is 5.27. The lowest BCUT2D eigenvalue weighted by molar-refractivity contribution is -0.116. The first-order chi connectivity index (χ1) is 10.2. The van der Waals surface area contributed by atoms with Crippen molar-refractivity contribution < 1.29 is 9.90 Å². The largest absolute Gasteiger partial charge is 0.508 e. The molecule has 1 heterocycles. The number of benzene rings is 2. The van der Waals surface area contributed by atoms with Crippen molar-refractivity contribution in [2.75, 3.05) is 23.0 Å². The molecule has 5 heteroatoms. The molecule has 0 saturated heterocycles. The zero-order valence-corrected chi connectivity index (χ0v) is 13.0. The first kappa shape index (κ1) is 14.4. The maximum absolute atomic E-state index is 12.4. The summed E-state index contributed by atoms with van der Waals surface area (Å²) >= 11 is 3.29. The second-order valence-corrected chi connectivity index (χ2v) is 6.83. The van der Waals surface area contributed by atoms with Gasteiger partial charge in [-0.05, 0) is 36.4 Å². The zero-order chi connectivity index (χ0) is 14.7. The summed E-state index contributed by atoms with van der Waals surface area (Å²) in [5.41, 5.74) is 1.02. The van der Waals surface area contributed by atoms with E-state index < -0.39 is 0 Å². The highest BCUT2D eigenvalue weighted by Gasteiger charge is 2.22. The standard InChI is InChI=1S/C16H15NO2S2/c18-12-5-7-13(8-6-12)21-11-16(19)17-9-10-20-15-4-2-1-3-14(15)17/h1-8,18H,9-11H2. The van der Waals surface area contributed by atoms with Crippen molar-refractivity contribution in [2.45, 2.75) is 9.79 Å². The van der Waals surface area contributed by atoms with Gasteiger partial charge in [-0.3, -0.25) is 4.79 Å². The van der Waals surface area contributed by atoms with E-state index in [1.165, 1.54) is 16.7 Å². The Morgan fingerprint density at radius 1 is 1.19 bits per heavy atom. The van der Waals surface area contributed by atoms with Crippen molar-refractivity contribution in [2.24, 2.45) is 0 Å². The van der Waals surface area contributed by atoms with Crippen LogP contribution in [0.1, 0.15) is 0 Å². The number of hydrogen-bond donors (Lipinski definition) is 1. The van der Waals surface area contributed by atoms with Gasteiger partial charge in [-0.25, -0.2) is 0 Å². The van der Waals surface area contributed by atoms with Crippen molar-refractivity contribution >= 4 is 35.1 Å². The second kappa shape index (κ2) is 6.45. The predicted molar refractivity (Wildman–Crippen MR) is 88.3 cm³/mol. The number of amides is 1. The van der Waals surface area contributed by atoms with E-state index in [4.69, 9.17) is 0 Å². The van der Waals surface area contributed by atoms with Crippen LogP contribution in [0.5, 0.6) is 5.75 Å². The van der Waals surface area contributed by atoms with E-state index in [1.807, 2.05) is 35.2 Å². The van der Waals surface area contributed by atoms with Crippen molar-refractivity contribution in [3.05, 3.63) is 48.5 Å². The fourth-order valence-corrected chi connectivity index (χ4v) is 3.96. The molecule has 1 amide bonds. The summed E-state index contributed by atoms with van der Waals surface area (Å²) in [7, 11) is 0. The van der Waals surface area contributed by atoms with Crippen LogP contribution in [0.4, 0.5) is 5.69 Å². The summed E-state index contributed by atoms with van der Waals surface area (Å²) in [5, 5.41) is 9.26. The minimum absolute atomic E-state index is 0.126. The van der Waals surface area contributed by atoms with E-state index in [9.17, 15) is 9.90 Å². The summed E-state index contributed by atoms with van der Waals surface area (Å²) in [6, 6.07) is 15.0. The van der Waals surface area contributed by atoms with Crippen LogP contribution in [0.25, 0.3) is 0 Å². The minimum Gasteiger partial charge on any atom is -0.508 e. The molecular formula is C16H15NO2S2. The van der Waals surface area contributed by atoms with Crippen LogP contribution in [0.3, 0.4) is 0 Å². The number of carbonyl (C=O) groups is 1. The third-order valence-electron chi connectivity index (χ3n) is 3.23.